The first-order valence-electron chi connectivity index (χ1n) is 6.66. The van der Waals surface area contributed by atoms with E-state index < -0.39 is 12.6 Å². The third-order valence-corrected chi connectivity index (χ3v) is 2.90. The van der Waals surface area contributed by atoms with Gasteiger partial charge in [-0.05, 0) is 13.0 Å². The Bertz CT molecular complexity index is 703. The number of hydrogen-bond donors (Lipinski definition) is 0. The summed E-state index contributed by atoms with van der Waals surface area (Å²) in [6.07, 6.45) is 1.32. The normalized spacial score (nSPS) is 10.7. The SMILES string of the molecule is CCOc1cc(OC(F)F)c(-c2cc(C(=O)OC)nn2C)cn1. The van der Waals surface area contributed by atoms with E-state index in [1.54, 1.807) is 14.0 Å². The van der Waals surface area contributed by atoms with Crippen LogP contribution < -0.4 is 9.47 Å². The standard InChI is InChI=1S/C14H15F2N3O4/c1-4-22-12-6-11(23-14(15)16)8(7-17-12)10-5-9(13(20)21-3)18-19(10)2/h5-7,14H,4H2,1-3H3. The number of carbonyl (C=O) groups is 1. The van der Waals surface area contributed by atoms with Gasteiger partial charge in [0.05, 0.1) is 25.0 Å². The van der Waals surface area contributed by atoms with Crippen LogP contribution in [-0.4, -0.2) is 41.1 Å². The van der Waals surface area contributed by atoms with Gasteiger partial charge in [0.15, 0.2) is 5.69 Å². The molecule has 0 amide bonds. The van der Waals surface area contributed by atoms with Crippen molar-refractivity contribution >= 4 is 5.97 Å². The first-order valence-corrected chi connectivity index (χ1v) is 6.66. The number of esters is 1. The zero-order valence-electron chi connectivity index (χ0n) is 12.7. The summed E-state index contributed by atoms with van der Waals surface area (Å²) in [5.41, 5.74) is 0.664. The molecule has 0 bridgehead atoms. The Balaban J connectivity index is 2.49. The van der Waals surface area contributed by atoms with E-state index in [2.05, 4.69) is 19.6 Å². The second kappa shape index (κ2) is 7.03. The van der Waals surface area contributed by atoms with E-state index in [0.717, 1.165) is 0 Å². The van der Waals surface area contributed by atoms with Crippen molar-refractivity contribution in [1.82, 2.24) is 14.8 Å². The Morgan fingerprint density at radius 2 is 2.13 bits per heavy atom. The van der Waals surface area contributed by atoms with Gasteiger partial charge in [0.2, 0.25) is 5.88 Å². The van der Waals surface area contributed by atoms with Crippen molar-refractivity contribution in [3.8, 4) is 22.9 Å². The molecule has 0 aliphatic heterocycles. The molecule has 124 valence electrons. The second-order valence-corrected chi connectivity index (χ2v) is 4.36. The molecule has 0 aliphatic carbocycles. The van der Waals surface area contributed by atoms with Crippen molar-refractivity contribution in [2.24, 2.45) is 7.05 Å². The van der Waals surface area contributed by atoms with Gasteiger partial charge in [-0.1, -0.05) is 0 Å². The number of carbonyl (C=O) groups excluding carboxylic acids is 1. The summed E-state index contributed by atoms with van der Waals surface area (Å²) in [6.45, 7) is -0.940. The Morgan fingerprint density at radius 1 is 1.39 bits per heavy atom. The highest BCUT2D eigenvalue weighted by Crippen LogP contribution is 2.33. The van der Waals surface area contributed by atoms with Crippen molar-refractivity contribution in [1.29, 1.82) is 0 Å². The van der Waals surface area contributed by atoms with Crippen LogP contribution in [0.2, 0.25) is 0 Å². The predicted octanol–water partition coefficient (Wildman–Crippen LogP) is 2.27. The van der Waals surface area contributed by atoms with E-state index in [4.69, 9.17) is 4.74 Å². The number of alkyl halides is 2. The van der Waals surface area contributed by atoms with Gasteiger partial charge in [-0.2, -0.15) is 13.9 Å². The number of halogens is 2. The highest BCUT2D eigenvalue weighted by molar-refractivity contribution is 5.89. The van der Waals surface area contributed by atoms with Crippen molar-refractivity contribution in [3.63, 3.8) is 0 Å². The Labute approximate surface area is 130 Å². The van der Waals surface area contributed by atoms with Crippen LogP contribution >= 0.6 is 0 Å². The minimum absolute atomic E-state index is 0.0434. The number of methoxy groups -OCH3 is 1. The quantitative estimate of drug-likeness (QED) is 0.758. The van der Waals surface area contributed by atoms with Gasteiger partial charge in [-0.3, -0.25) is 4.68 Å². The van der Waals surface area contributed by atoms with Crippen LogP contribution in [0.25, 0.3) is 11.3 Å². The number of aromatic nitrogens is 3. The highest BCUT2D eigenvalue weighted by atomic mass is 19.3. The molecule has 2 aromatic rings. The monoisotopic (exact) mass is 327 g/mol. The average Bonchev–Trinajstić information content (AvgIpc) is 2.88. The molecule has 0 aromatic carbocycles. The van der Waals surface area contributed by atoms with Crippen LogP contribution in [0.1, 0.15) is 17.4 Å². The average molecular weight is 327 g/mol. The lowest BCUT2D eigenvalue weighted by Crippen LogP contribution is -2.06. The largest absolute Gasteiger partial charge is 0.478 e. The number of ether oxygens (including phenoxy) is 3. The smallest absolute Gasteiger partial charge is 0.387 e. The fourth-order valence-corrected chi connectivity index (χ4v) is 1.96. The molecule has 0 saturated carbocycles. The van der Waals surface area contributed by atoms with Crippen LogP contribution in [0.4, 0.5) is 8.78 Å². The summed E-state index contributed by atoms with van der Waals surface area (Å²) >= 11 is 0. The minimum atomic E-state index is -3.01. The zero-order chi connectivity index (χ0) is 17.0. The number of pyridine rings is 1. The number of hydrogen-bond acceptors (Lipinski definition) is 6. The van der Waals surface area contributed by atoms with Crippen molar-refractivity contribution in [2.75, 3.05) is 13.7 Å². The van der Waals surface area contributed by atoms with Crippen LogP contribution in [0.5, 0.6) is 11.6 Å². The van der Waals surface area contributed by atoms with E-state index in [-0.39, 0.29) is 22.9 Å². The van der Waals surface area contributed by atoms with Gasteiger partial charge in [0, 0.05) is 19.3 Å². The molecule has 0 fully saturated rings. The highest BCUT2D eigenvalue weighted by Gasteiger charge is 2.20. The molecule has 0 saturated heterocycles. The fraction of sp³-hybridized carbons (Fsp3) is 0.357. The molecule has 23 heavy (non-hydrogen) atoms. The maximum Gasteiger partial charge on any atom is 0.387 e. The molecule has 0 aliphatic rings. The summed E-state index contributed by atoms with van der Waals surface area (Å²) in [5.74, 6) is -0.609. The molecule has 0 N–H and O–H groups in total. The molecule has 0 spiro atoms. The van der Waals surface area contributed by atoms with E-state index >= 15 is 0 Å². The molecule has 9 heteroatoms. The van der Waals surface area contributed by atoms with Crippen LogP contribution in [0, 0.1) is 0 Å². The number of nitrogens with zero attached hydrogens (tertiary/aromatic N) is 3. The van der Waals surface area contributed by atoms with Gasteiger partial charge in [0.1, 0.15) is 5.75 Å². The molecule has 2 heterocycles. The molecular weight excluding hydrogens is 312 g/mol. The Morgan fingerprint density at radius 3 is 2.74 bits per heavy atom. The molecule has 2 aromatic heterocycles. The summed E-state index contributed by atoms with van der Waals surface area (Å²) < 4.78 is 40.9. The van der Waals surface area contributed by atoms with Crippen molar-refractivity contribution < 1.29 is 27.8 Å². The van der Waals surface area contributed by atoms with Crippen LogP contribution in [-0.2, 0) is 11.8 Å². The molecule has 0 unspecified atom stereocenters. The molecule has 2 rings (SSSR count). The molecular formula is C14H15F2N3O4. The number of aryl methyl sites for hydroxylation is 1. The summed E-state index contributed by atoms with van der Waals surface area (Å²) in [4.78, 5) is 15.6. The van der Waals surface area contributed by atoms with E-state index in [1.807, 2.05) is 0 Å². The second-order valence-electron chi connectivity index (χ2n) is 4.36. The Hall–Kier alpha value is -2.71. The minimum Gasteiger partial charge on any atom is -0.478 e. The summed E-state index contributed by atoms with van der Waals surface area (Å²) in [5, 5.41) is 3.98. The maximum absolute atomic E-state index is 12.6. The van der Waals surface area contributed by atoms with E-state index in [1.165, 1.54) is 30.1 Å². The van der Waals surface area contributed by atoms with Gasteiger partial charge in [-0.15, -0.1) is 0 Å². The van der Waals surface area contributed by atoms with Gasteiger partial charge < -0.3 is 14.2 Å². The van der Waals surface area contributed by atoms with Crippen molar-refractivity contribution in [3.05, 3.63) is 24.0 Å². The van der Waals surface area contributed by atoms with E-state index in [0.29, 0.717) is 12.3 Å². The predicted molar refractivity (Wildman–Crippen MR) is 75.6 cm³/mol. The topological polar surface area (TPSA) is 75.5 Å². The first-order chi connectivity index (χ1) is 11.0. The maximum atomic E-state index is 12.6. The molecule has 0 radical (unpaired) electrons. The number of rotatable bonds is 6. The van der Waals surface area contributed by atoms with Gasteiger partial charge >= 0.3 is 12.6 Å². The molecule has 7 nitrogen and oxygen atoms in total. The van der Waals surface area contributed by atoms with E-state index in [9.17, 15) is 13.6 Å². The summed E-state index contributed by atoms with van der Waals surface area (Å²) in [7, 11) is 2.78. The van der Waals surface area contributed by atoms with Gasteiger partial charge in [-0.25, -0.2) is 9.78 Å². The van der Waals surface area contributed by atoms with Crippen molar-refractivity contribution in [2.45, 2.75) is 13.5 Å². The fourth-order valence-electron chi connectivity index (χ4n) is 1.96. The lowest BCUT2D eigenvalue weighted by molar-refractivity contribution is -0.0496. The van der Waals surface area contributed by atoms with Gasteiger partial charge in [0.25, 0.3) is 0 Å². The molecule has 0 atom stereocenters. The Kier molecular flexibility index (Phi) is 5.09. The lowest BCUT2D eigenvalue weighted by atomic mass is 10.1. The first kappa shape index (κ1) is 16.7. The third kappa shape index (κ3) is 3.74. The third-order valence-electron chi connectivity index (χ3n) is 2.90. The van der Waals surface area contributed by atoms with Crippen LogP contribution in [0.15, 0.2) is 18.3 Å². The van der Waals surface area contributed by atoms with Crippen LogP contribution in [0.3, 0.4) is 0 Å². The zero-order valence-corrected chi connectivity index (χ0v) is 12.7. The lowest BCUT2D eigenvalue weighted by Gasteiger charge is -2.12. The summed E-state index contributed by atoms with van der Waals surface area (Å²) in [6, 6.07) is 2.66.